The zero-order valence-electron chi connectivity index (χ0n) is 30.7. The van der Waals surface area contributed by atoms with Crippen molar-refractivity contribution in [2.75, 3.05) is 19.8 Å². The zero-order valence-corrected chi connectivity index (χ0v) is 30.7. The number of carbonyl (C=O) groups is 1. The molecule has 0 aliphatic rings. The molecule has 0 aliphatic heterocycles. The first-order valence-electron chi connectivity index (χ1n) is 20.3. The van der Waals surface area contributed by atoms with Crippen LogP contribution in [0.15, 0.2) is 12.2 Å². The van der Waals surface area contributed by atoms with Crippen molar-refractivity contribution in [3.63, 3.8) is 0 Å². The van der Waals surface area contributed by atoms with Gasteiger partial charge in [0.2, 0.25) is 0 Å². The number of aliphatic hydroxyl groups is 1. The zero-order chi connectivity index (χ0) is 32.7. The van der Waals surface area contributed by atoms with Crippen LogP contribution in [0.5, 0.6) is 0 Å². The summed E-state index contributed by atoms with van der Waals surface area (Å²) < 4.78 is 11.1. The van der Waals surface area contributed by atoms with E-state index < -0.39 is 6.10 Å². The molecule has 0 amide bonds. The molecule has 0 aromatic carbocycles. The van der Waals surface area contributed by atoms with E-state index in [0.717, 1.165) is 19.3 Å². The van der Waals surface area contributed by atoms with E-state index in [0.29, 0.717) is 19.6 Å². The van der Waals surface area contributed by atoms with Crippen LogP contribution in [-0.4, -0.2) is 37.0 Å². The molecule has 0 bridgehead atoms. The molecule has 1 atom stereocenters. The molecule has 0 aromatic heterocycles. The van der Waals surface area contributed by atoms with E-state index in [9.17, 15) is 9.90 Å². The van der Waals surface area contributed by atoms with Crippen LogP contribution in [0.25, 0.3) is 0 Å². The third-order valence-corrected chi connectivity index (χ3v) is 9.09. The molecule has 4 heteroatoms. The normalized spacial score (nSPS) is 12.3. The van der Waals surface area contributed by atoms with Gasteiger partial charge in [-0.2, -0.15) is 0 Å². The minimum atomic E-state index is -0.528. The fraction of sp³-hybridized carbons (Fsp3) is 0.927. The molecule has 0 heterocycles. The molecule has 1 N–H and O–H groups in total. The second-order valence-corrected chi connectivity index (χ2v) is 13.7. The van der Waals surface area contributed by atoms with Gasteiger partial charge in [0.25, 0.3) is 0 Å². The van der Waals surface area contributed by atoms with Crippen LogP contribution in [0, 0.1) is 0 Å². The van der Waals surface area contributed by atoms with Gasteiger partial charge in [-0.15, -0.1) is 0 Å². The van der Waals surface area contributed by atoms with Crippen molar-refractivity contribution in [3.05, 3.63) is 12.2 Å². The van der Waals surface area contributed by atoms with Crippen molar-refractivity contribution >= 4 is 5.97 Å². The van der Waals surface area contributed by atoms with Crippen molar-refractivity contribution in [2.45, 2.75) is 225 Å². The number of hydrogen-bond acceptors (Lipinski definition) is 4. The summed E-state index contributed by atoms with van der Waals surface area (Å²) in [6, 6.07) is 0. The fourth-order valence-electron chi connectivity index (χ4n) is 6.03. The van der Waals surface area contributed by atoms with Crippen molar-refractivity contribution in [2.24, 2.45) is 0 Å². The number of ether oxygens (including phenoxy) is 2. The SMILES string of the molecule is CCCCCCCC/C=C\CCCCCCCCCCCC(=O)OC(CO)COCCCCCCCCCCCCCCCC. The standard InChI is InChI=1S/C41H80O4/c1-3-5-7-9-11-13-15-17-19-20-21-22-23-24-26-28-30-32-34-36-41(43)45-40(38-42)39-44-37-35-33-31-29-27-25-18-16-14-12-10-8-6-4-2/h17,19,40,42H,3-16,18,20-39H2,1-2H3/b19-17-. The molecule has 4 nitrogen and oxygen atoms in total. The monoisotopic (exact) mass is 637 g/mol. The lowest BCUT2D eigenvalue weighted by molar-refractivity contribution is -0.154. The molecule has 45 heavy (non-hydrogen) atoms. The first kappa shape index (κ1) is 44.1. The summed E-state index contributed by atoms with van der Waals surface area (Å²) in [7, 11) is 0. The maximum absolute atomic E-state index is 12.2. The highest BCUT2D eigenvalue weighted by atomic mass is 16.6. The first-order valence-corrected chi connectivity index (χ1v) is 20.3. The van der Waals surface area contributed by atoms with Gasteiger partial charge in [0.1, 0.15) is 6.10 Å². The Kier molecular flexibility index (Phi) is 38.5. The summed E-state index contributed by atoms with van der Waals surface area (Å²) in [5, 5.41) is 9.57. The van der Waals surface area contributed by atoms with E-state index in [1.807, 2.05) is 0 Å². The lowest BCUT2D eigenvalue weighted by Crippen LogP contribution is -2.27. The Morgan fingerprint density at radius 2 is 0.867 bits per heavy atom. The van der Waals surface area contributed by atoms with Gasteiger partial charge in [0.15, 0.2) is 0 Å². The van der Waals surface area contributed by atoms with Gasteiger partial charge >= 0.3 is 5.97 Å². The molecule has 0 saturated carbocycles. The highest BCUT2D eigenvalue weighted by Gasteiger charge is 2.13. The Hall–Kier alpha value is -0.870. The first-order chi connectivity index (χ1) is 22.2. The van der Waals surface area contributed by atoms with Gasteiger partial charge in [-0.25, -0.2) is 0 Å². The molecular weight excluding hydrogens is 556 g/mol. The van der Waals surface area contributed by atoms with Crippen LogP contribution in [0.4, 0.5) is 0 Å². The fourth-order valence-corrected chi connectivity index (χ4v) is 6.03. The smallest absolute Gasteiger partial charge is 0.306 e. The molecule has 1 unspecified atom stereocenters. The van der Waals surface area contributed by atoms with Crippen LogP contribution in [0.3, 0.4) is 0 Å². The Morgan fingerprint density at radius 1 is 0.511 bits per heavy atom. The molecule has 268 valence electrons. The van der Waals surface area contributed by atoms with Gasteiger partial charge in [-0.05, 0) is 38.5 Å². The van der Waals surface area contributed by atoms with E-state index in [-0.39, 0.29) is 12.6 Å². The van der Waals surface area contributed by atoms with Gasteiger partial charge in [0.05, 0.1) is 13.2 Å². The van der Waals surface area contributed by atoms with Crippen LogP contribution in [-0.2, 0) is 14.3 Å². The number of esters is 1. The van der Waals surface area contributed by atoms with E-state index in [2.05, 4.69) is 26.0 Å². The molecular formula is C41H80O4. The summed E-state index contributed by atoms with van der Waals surface area (Å²) >= 11 is 0. The number of aliphatic hydroxyl groups excluding tert-OH is 1. The third kappa shape index (κ3) is 37.5. The Balaban J connectivity index is 3.39. The highest BCUT2D eigenvalue weighted by Crippen LogP contribution is 2.14. The molecule has 0 radical (unpaired) electrons. The quantitative estimate of drug-likeness (QED) is 0.0416. The molecule has 0 rings (SSSR count). The van der Waals surface area contributed by atoms with Gasteiger partial charge in [0, 0.05) is 13.0 Å². The average molecular weight is 637 g/mol. The predicted octanol–water partition coefficient (Wildman–Crippen LogP) is 13.0. The van der Waals surface area contributed by atoms with E-state index >= 15 is 0 Å². The molecule has 0 fully saturated rings. The van der Waals surface area contributed by atoms with Crippen molar-refractivity contribution < 1.29 is 19.4 Å². The summed E-state index contributed by atoms with van der Waals surface area (Å²) in [6.45, 7) is 5.38. The molecule has 0 spiro atoms. The minimum absolute atomic E-state index is 0.167. The average Bonchev–Trinajstić information content (AvgIpc) is 3.05. The van der Waals surface area contributed by atoms with E-state index in [1.165, 1.54) is 180 Å². The summed E-state index contributed by atoms with van der Waals surface area (Å²) in [4.78, 5) is 12.2. The summed E-state index contributed by atoms with van der Waals surface area (Å²) in [5.41, 5.74) is 0. The maximum atomic E-state index is 12.2. The van der Waals surface area contributed by atoms with Crippen molar-refractivity contribution in [1.29, 1.82) is 0 Å². The second-order valence-electron chi connectivity index (χ2n) is 13.7. The third-order valence-electron chi connectivity index (χ3n) is 9.09. The number of hydrogen-bond donors (Lipinski definition) is 1. The Bertz CT molecular complexity index is 590. The Labute approximate surface area is 282 Å². The molecule has 0 aromatic rings. The second kappa shape index (κ2) is 39.3. The maximum Gasteiger partial charge on any atom is 0.306 e. The molecule has 0 aliphatic carbocycles. The van der Waals surface area contributed by atoms with Crippen LogP contribution in [0.1, 0.15) is 219 Å². The van der Waals surface area contributed by atoms with Gasteiger partial charge in [-0.1, -0.05) is 187 Å². The predicted molar refractivity (Wildman–Crippen MR) is 196 cm³/mol. The number of carbonyl (C=O) groups excluding carboxylic acids is 1. The highest BCUT2D eigenvalue weighted by molar-refractivity contribution is 5.69. The van der Waals surface area contributed by atoms with Crippen molar-refractivity contribution in [1.82, 2.24) is 0 Å². The minimum Gasteiger partial charge on any atom is -0.457 e. The van der Waals surface area contributed by atoms with Crippen molar-refractivity contribution in [3.8, 4) is 0 Å². The summed E-state index contributed by atoms with van der Waals surface area (Å²) in [5.74, 6) is -0.199. The lowest BCUT2D eigenvalue weighted by Gasteiger charge is -2.16. The van der Waals surface area contributed by atoms with Gasteiger partial charge in [-0.3, -0.25) is 4.79 Å². The Morgan fingerprint density at radius 3 is 1.27 bits per heavy atom. The largest absolute Gasteiger partial charge is 0.457 e. The van der Waals surface area contributed by atoms with Crippen LogP contribution in [0.2, 0.25) is 0 Å². The summed E-state index contributed by atoms with van der Waals surface area (Å²) in [6.07, 6.45) is 45.4. The number of unbranched alkanes of at least 4 members (excludes halogenated alkanes) is 28. The van der Waals surface area contributed by atoms with E-state index in [4.69, 9.17) is 9.47 Å². The number of rotatable bonds is 38. The van der Waals surface area contributed by atoms with E-state index in [1.54, 1.807) is 0 Å². The van der Waals surface area contributed by atoms with Crippen LogP contribution >= 0.6 is 0 Å². The van der Waals surface area contributed by atoms with Gasteiger partial charge < -0.3 is 14.6 Å². The number of allylic oxidation sites excluding steroid dienone is 2. The molecule has 0 saturated heterocycles. The topological polar surface area (TPSA) is 55.8 Å². The lowest BCUT2D eigenvalue weighted by atomic mass is 10.0. The van der Waals surface area contributed by atoms with Crippen LogP contribution < -0.4 is 0 Å².